The molecule has 0 spiro atoms. The molecule has 5 rings (SSSR count). The molecule has 5 N–H and O–H groups in total. The average molecular weight is 520 g/mol. The third-order valence-electron chi connectivity index (χ3n) is 6.47. The second-order valence-corrected chi connectivity index (χ2v) is 11.5. The first-order valence-electron chi connectivity index (χ1n) is 11.5. The van der Waals surface area contributed by atoms with E-state index in [0.717, 1.165) is 5.56 Å². The lowest BCUT2D eigenvalue weighted by Crippen LogP contribution is -2.44. The number of aliphatic hydroxyl groups excluding tert-OH is 1. The molecule has 12 nitrogen and oxygen atoms in total. The highest BCUT2D eigenvalue weighted by Crippen LogP contribution is 2.61. The van der Waals surface area contributed by atoms with Crippen molar-refractivity contribution < 1.29 is 33.1 Å². The zero-order valence-electron chi connectivity index (χ0n) is 20.0. The monoisotopic (exact) mass is 520 g/mol. The first-order chi connectivity index (χ1) is 16.9. The van der Waals surface area contributed by atoms with Crippen LogP contribution in [0.15, 0.2) is 47.4 Å². The van der Waals surface area contributed by atoms with E-state index in [9.17, 15) is 19.6 Å². The Morgan fingerprint density at radius 2 is 2.00 bits per heavy atom. The molecule has 0 bridgehead atoms. The maximum Gasteiger partial charge on any atom is 0.476 e. The summed E-state index contributed by atoms with van der Waals surface area (Å²) in [7, 11) is -4.06. The molecule has 1 unspecified atom stereocenters. The Morgan fingerprint density at radius 1 is 1.28 bits per heavy atom. The lowest BCUT2D eigenvalue weighted by atomic mass is 9.96. The van der Waals surface area contributed by atoms with Gasteiger partial charge in [0.25, 0.3) is 5.56 Å². The van der Waals surface area contributed by atoms with Crippen molar-refractivity contribution in [2.24, 2.45) is 0 Å². The Morgan fingerprint density at radius 3 is 2.72 bits per heavy atom. The molecule has 2 aliphatic heterocycles. The minimum atomic E-state index is -4.06. The van der Waals surface area contributed by atoms with Gasteiger partial charge in [0.1, 0.15) is 17.8 Å². The van der Waals surface area contributed by atoms with Gasteiger partial charge in [0, 0.05) is 12.6 Å². The van der Waals surface area contributed by atoms with Crippen molar-refractivity contribution in [3.05, 3.63) is 58.5 Å². The van der Waals surface area contributed by atoms with Crippen LogP contribution >= 0.6 is 7.82 Å². The summed E-state index contributed by atoms with van der Waals surface area (Å²) in [5.74, 6) is -0.106. The molecule has 36 heavy (non-hydrogen) atoms. The molecule has 0 amide bonds. The molecule has 4 heterocycles. The van der Waals surface area contributed by atoms with E-state index in [2.05, 4.69) is 9.97 Å². The van der Waals surface area contributed by atoms with E-state index < -0.39 is 55.7 Å². The number of aliphatic hydroxyl groups is 2. The SMILES string of the molecule is CC1(C)C[C@H](c2ccccc2)O[P@](=O)(OCC2O[C@@H](n3ccc4c(=O)[nH]c(N)nc43)[C@](C)(O)[C@@H]2O)O1. The van der Waals surface area contributed by atoms with Gasteiger partial charge in [-0.1, -0.05) is 30.3 Å². The molecule has 13 heteroatoms. The van der Waals surface area contributed by atoms with Crippen molar-refractivity contribution in [1.82, 2.24) is 14.5 Å². The fourth-order valence-corrected chi connectivity index (χ4v) is 6.37. The average Bonchev–Trinajstić information content (AvgIpc) is 3.30. The zero-order chi connectivity index (χ0) is 25.9. The summed E-state index contributed by atoms with van der Waals surface area (Å²) in [6.07, 6.45) is -2.24. The highest BCUT2D eigenvalue weighted by atomic mass is 31.2. The van der Waals surface area contributed by atoms with Crippen LogP contribution in [0, 0.1) is 0 Å². The van der Waals surface area contributed by atoms with Crippen molar-refractivity contribution >= 4 is 24.8 Å². The van der Waals surface area contributed by atoms with E-state index in [1.54, 1.807) is 13.8 Å². The highest BCUT2D eigenvalue weighted by Gasteiger charge is 2.54. The molecule has 194 valence electrons. The second-order valence-electron chi connectivity index (χ2n) is 9.91. The van der Waals surface area contributed by atoms with Crippen LogP contribution in [0.4, 0.5) is 5.95 Å². The summed E-state index contributed by atoms with van der Waals surface area (Å²) in [6, 6.07) is 10.8. The molecule has 2 aliphatic rings. The molecule has 1 aromatic carbocycles. The number of benzene rings is 1. The maximum absolute atomic E-state index is 13.5. The molecular weight excluding hydrogens is 491 g/mol. The lowest BCUT2D eigenvalue weighted by Gasteiger charge is -2.39. The molecule has 6 atom stereocenters. The molecule has 0 aliphatic carbocycles. The van der Waals surface area contributed by atoms with Crippen LogP contribution in [-0.2, 0) is 22.9 Å². The molecule has 2 fully saturated rings. The van der Waals surface area contributed by atoms with Gasteiger partial charge in [-0.2, -0.15) is 4.98 Å². The smallest absolute Gasteiger partial charge is 0.387 e. The third-order valence-corrected chi connectivity index (χ3v) is 8.16. The van der Waals surface area contributed by atoms with Crippen LogP contribution in [0.25, 0.3) is 11.0 Å². The van der Waals surface area contributed by atoms with Crippen LogP contribution in [0.5, 0.6) is 0 Å². The first kappa shape index (κ1) is 25.1. The predicted molar refractivity (Wildman–Crippen MR) is 129 cm³/mol. The molecule has 0 saturated carbocycles. The number of hydrogen-bond donors (Lipinski definition) is 4. The Hall–Kier alpha value is -2.57. The van der Waals surface area contributed by atoms with E-state index in [4.69, 9.17) is 24.0 Å². The third kappa shape index (κ3) is 4.50. The van der Waals surface area contributed by atoms with Gasteiger partial charge in [-0.25, -0.2) is 4.57 Å². The van der Waals surface area contributed by atoms with Gasteiger partial charge in [-0.3, -0.25) is 23.3 Å². The van der Waals surface area contributed by atoms with Gasteiger partial charge in [-0.05, 0) is 32.4 Å². The van der Waals surface area contributed by atoms with Crippen molar-refractivity contribution in [3.8, 4) is 0 Å². The predicted octanol–water partition coefficient (Wildman–Crippen LogP) is 2.40. The minimum absolute atomic E-state index is 0.106. The molecule has 2 aromatic heterocycles. The number of phosphoric ester groups is 1. The summed E-state index contributed by atoms with van der Waals surface area (Å²) in [5, 5.41) is 22.2. The van der Waals surface area contributed by atoms with Gasteiger partial charge >= 0.3 is 7.82 Å². The van der Waals surface area contributed by atoms with Crippen LogP contribution in [0.3, 0.4) is 0 Å². The number of aromatic amines is 1. The Balaban J connectivity index is 1.36. The van der Waals surface area contributed by atoms with Crippen LogP contribution in [0.2, 0.25) is 0 Å². The van der Waals surface area contributed by atoms with Gasteiger partial charge < -0.3 is 25.3 Å². The number of nitrogens with one attached hydrogen (secondary N) is 1. The molecule has 3 aromatic rings. The van der Waals surface area contributed by atoms with Crippen LogP contribution in [-0.4, -0.2) is 54.8 Å². The first-order valence-corrected chi connectivity index (χ1v) is 13.0. The number of phosphoric acid groups is 1. The molecular formula is C23H29N4O8P. The van der Waals surface area contributed by atoms with E-state index in [0.29, 0.717) is 6.42 Å². The van der Waals surface area contributed by atoms with E-state index in [1.165, 1.54) is 23.8 Å². The summed E-state index contributed by atoms with van der Waals surface area (Å²) in [4.78, 5) is 18.7. The highest BCUT2D eigenvalue weighted by molar-refractivity contribution is 7.48. The standard InChI is InChI=1S/C23H29N4O8P/c1-22(2)11-15(13-7-5-4-6-8-13)34-36(31,35-22)32-12-16-17(28)23(3,30)20(33-16)27-10-9-14-18(27)25-21(24)26-19(14)29/h4-10,15-17,20,28,30H,11-12H2,1-3H3,(H3,24,25,26,29)/t15-,16?,17-,20-,23-,36+/m1/s1. The number of nitrogens with two attached hydrogens (primary N) is 1. The summed E-state index contributed by atoms with van der Waals surface area (Å²) in [6.45, 7) is 4.58. The second kappa shape index (κ2) is 8.77. The fourth-order valence-electron chi connectivity index (χ4n) is 4.70. The number of hydrogen-bond acceptors (Lipinski definition) is 10. The zero-order valence-corrected chi connectivity index (χ0v) is 20.9. The summed E-state index contributed by atoms with van der Waals surface area (Å²) < 4.78 is 37.9. The number of fused-ring (bicyclic) bond motifs is 1. The van der Waals surface area contributed by atoms with Crippen molar-refractivity contribution in [2.45, 2.75) is 62.9 Å². The topological polar surface area (TPSA) is 171 Å². The number of aromatic nitrogens is 3. The van der Waals surface area contributed by atoms with Crippen LogP contribution < -0.4 is 11.3 Å². The van der Waals surface area contributed by atoms with Gasteiger partial charge in [-0.15, -0.1) is 0 Å². The number of nitrogens with zero attached hydrogens (tertiary/aromatic N) is 2. The van der Waals surface area contributed by atoms with Crippen LogP contribution in [0.1, 0.15) is 45.1 Å². The van der Waals surface area contributed by atoms with Crippen molar-refractivity contribution in [3.63, 3.8) is 0 Å². The minimum Gasteiger partial charge on any atom is -0.387 e. The number of H-pyrrole nitrogens is 1. The van der Waals surface area contributed by atoms with Gasteiger partial charge in [0.2, 0.25) is 5.95 Å². The van der Waals surface area contributed by atoms with Gasteiger partial charge in [0.15, 0.2) is 11.9 Å². The Labute approximate surface area is 206 Å². The molecule has 0 radical (unpaired) electrons. The number of anilines is 1. The largest absolute Gasteiger partial charge is 0.476 e. The van der Waals surface area contributed by atoms with Crippen molar-refractivity contribution in [1.29, 1.82) is 0 Å². The number of nitrogen functional groups attached to an aromatic ring is 1. The Bertz CT molecular complexity index is 1370. The van der Waals surface area contributed by atoms with Crippen molar-refractivity contribution in [2.75, 3.05) is 12.3 Å². The number of ether oxygens (including phenoxy) is 1. The number of rotatable bonds is 5. The van der Waals surface area contributed by atoms with Gasteiger partial charge in [0.05, 0.1) is 23.7 Å². The van der Waals surface area contributed by atoms with E-state index >= 15 is 0 Å². The summed E-state index contributed by atoms with van der Waals surface area (Å²) in [5.41, 5.74) is 3.62. The van der Waals surface area contributed by atoms with E-state index in [1.807, 2.05) is 30.3 Å². The summed E-state index contributed by atoms with van der Waals surface area (Å²) >= 11 is 0. The normalized spacial score (nSPS) is 34.2. The maximum atomic E-state index is 13.5. The lowest BCUT2D eigenvalue weighted by molar-refractivity contribution is -0.0964. The molecule has 2 saturated heterocycles. The fraction of sp³-hybridized carbons (Fsp3) is 0.478. The van der Waals surface area contributed by atoms with E-state index in [-0.39, 0.29) is 17.0 Å². The Kier molecular flexibility index (Phi) is 6.12. The quantitative estimate of drug-likeness (QED) is 0.366.